The Kier molecular flexibility index (Phi) is 38.1. The summed E-state index contributed by atoms with van der Waals surface area (Å²) in [6.45, 7) is 33.5. The van der Waals surface area contributed by atoms with Gasteiger partial charge in [0.15, 0.2) is 0 Å². The maximum atomic E-state index is 7.00. The first-order valence-electron chi connectivity index (χ1n) is 40.6. The molecule has 0 unspecified atom stereocenters. The van der Waals surface area contributed by atoms with Gasteiger partial charge in [0.25, 0.3) is 0 Å². The van der Waals surface area contributed by atoms with Crippen LogP contribution in [0.2, 0.25) is 0 Å². The number of ether oxygens (including phenoxy) is 12. The molecule has 0 spiro atoms. The van der Waals surface area contributed by atoms with Gasteiger partial charge < -0.3 is 56.8 Å². The van der Waals surface area contributed by atoms with Crippen molar-refractivity contribution >= 4 is 0 Å². The molecule has 0 heterocycles. The van der Waals surface area contributed by atoms with Crippen LogP contribution in [0.4, 0.5) is 0 Å². The van der Waals surface area contributed by atoms with Crippen LogP contribution in [-0.2, 0) is 38.5 Å². The highest BCUT2D eigenvalue weighted by Gasteiger charge is 2.26. The van der Waals surface area contributed by atoms with Gasteiger partial charge in [0, 0.05) is 105 Å². The highest BCUT2D eigenvalue weighted by atomic mass is 16.5. The molecule has 12 bridgehead atoms. The summed E-state index contributed by atoms with van der Waals surface area (Å²) >= 11 is 0. The van der Waals surface area contributed by atoms with E-state index in [4.69, 9.17) is 56.8 Å². The molecule has 0 N–H and O–H groups in total. The van der Waals surface area contributed by atoms with Crippen LogP contribution < -0.4 is 56.8 Å². The number of unbranched alkanes of at least 4 members (excludes halogenated alkanes) is 12. The van der Waals surface area contributed by atoms with E-state index in [-0.39, 0.29) is 0 Å². The van der Waals surface area contributed by atoms with Crippen molar-refractivity contribution in [1.29, 1.82) is 0 Å². The van der Waals surface area contributed by atoms with Crippen LogP contribution in [0.3, 0.4) is 0 Å². The van der Waals surface area contributed by atoms with Gasteiger partial charge in [-0.15, -0.1) is 0 Å². The van der Waals surface area contributed by atoms with Gasteiger partial charge in [0.1, 0.15) is 69.0 Å². The fourth-order valence-corrected chi connectivity index (χ4v) is 12.3. The lowest BCUT2D eigenvalue weighted by atomic mass is 9.92. The van der Waals surface area contributed by atoms with Crippen LogP contribution in [0.5, 0.6) is 69.0 Å². The Morgan fingerprint density at radius 2 is 0.225 bits per heavy atom. The van der Waals surface area contributed by atoms with Gasteiger partial charge in [-0.05, 0) is 150 Å². The molecule has 564 valence electrons. The molecule has 102 heavy (non-hydrogen) atoms. The first-order valence-corrected chi connectivity index (χ1v) is 40.6. The molecule has 0 radical (unpaired) electrons. The summed E-state index contributed by atoms with van der Waals surface area (Å²) in [4.78, 5) is 0. The SMILES string of the molecule is CCCCOc1cc2c(OCCCC)cc1Cc1cc(OCCCC)c(cc1OCCCC)Cc1cc(OCCCC)c(cc1OCCCC)Cc1cc(OCCCC)c(cc1OCCCC)Cc1cc(OCCCC)c(cc1OCCCC)Cc1cc(OCCCC)c(cc1OCCCC)C2. The summed E-state index contributed by atoms with van der Waals surface area (Å²) in [5, 5.41) is 0. The average Bonchev–Trinajstić information content (AvgIpc) is 0.790. The van der Waals surface area contributed by atoms with Crippen molar-refractivity contribution < 1.29 is 56.8 Å². The summed E-state index contributed by atoms with van der Waals surface area (Å²) in [5.74, 6) is 9.99. The molecule has 6 aromatic rings. The summed E-state index contributed by atoms with van der Waals surface area (Å²) in [6, 6.07) is 27.0. The average molecular weight is 1410 g/mol. The second-order valence-electron chi connectivity index (χ2n) is 27.9. The largest absolute Gasteiger partial charge is 0.493 e. The minimum Gasteiger partial charge on any atom is -0.493 e. The lowest BCUT2D eigenvalue weighted by molar-refractivity contribution is 0.291. The highest BCUT2D eigenvalue weighted by molar-refractivity contribution is 5.60. The molecule has 6 aromatic carbocycles. The summed E-state index contributed by atoms with van der Waals surface area (Å²) in [6.07, 6.45) is 26.2. The van der Waals surface area contributed by atoms with Gasteiger partial charge in [-0.2, -0.15) is 0 Å². The quantitative estimate of drug-likeness (QED) is 0.0339. The molecule has 12 heteroatoms. The Bertz CT molecular complexity index is 2580. The van der Waals surface area contributed by atoms with Crippen LogP contribution in [0.15, 0.2) is 72.8 Å². The van der Waals surface area contributed by atoms with Gasteiger partial charge in [-0.25, -0.2) is 0 Å². The molecule has 0 saturated carbocycles. The lowest BCUT2D eigenvalue weighted by Crippen LogP contribution is -2.10. The van der Waals surface area contributed by atoms with E-state index in [1.54, 1.807) is 0 Å². The van der Waals surface area contributed by atoms with Crippen molar-refractivity contribution in [2.24, 2.45) is 0 Å². The third kappa shape index (κ3) is 26.3. The van der Waals surface area contributed by atoms with Crippen LogP contribution in [0.25, 0.3) is 0 Å². The standard InChI is InChI=1S/C90H132O12/c1-13-25-37-91-79-55-68-50-70-58-84(96-42-30-18-6)72(60-83(70)95-41-29-17-5)52-74-62-88(100-46-34-22-10)76(64-87(74)99-45-33-21-9)54-78-66-89(101-47-35-23-11)77(65-90(78)102-48-36-24-12)53-75-63-85(97-43-31-19-7)73(61-86(75)98-44-32-20-8)51-71-59-81(93-39-27-15-3)69(57-82(71)94-40-28-16-4)49-67(79)56-80(68)92-38-26-14-2/h55-66H,13-54H2,1-12H3. The molecule has 0 amide bonds. The summed E-state index contributed by atoms with van der Waals surface area (Å²) < 4.78 is 84.0. The van der Waals surface area contributed by atoms with E-state index in [0.717, 1.165) is 290 Å². The van der Waals surface area contributed by atoms with E-state index in [9.17, 15) is 0 Å². The van der Waals surface area contributed by atoms with E-state index in [1.807, 2.05) is 0 Å². The minimum absolute atomic E-state index is 0.524. The molecular formula is C90H132O12. The number of rotatable bonds is 48. The minimum atomic E-state index is 0.524. The van der Waals surface area contributed by atoms with Crippen molar-refractivity contribution in [2.45, 2.75) is 276 Å². The van der Waals surface area contributed by atoms with Gasteiger partial charge in [0.2, 0.25) is 0 Å². The Balaban J connectivity index is 1.61. The van der Waals surface area contributed by atoms with Crippen LogP contribution in [-0.4, -0.2) is 79.3 Å². The maximum Gasteiger partial charge on any atom is 0.123 e. The highest BCUT2D eigenvalue weighted by Crippen LogP contribution is 2.45. The normalized spacial score (nSPS) is 12.1. The molecule has 0 atom stereocenters. The molecule has 16 aliphatic rings. The zero-order chi connectivity index (χ0) is 72.5. The molecular weight excluding hydrogens is 1270 g/mol. The fraction of sp³-hybridized carbons (Fsp3) is 0.600. The molecule has 22 rings (SSSR count). The van der Waals surface area contributed by atoms with E-state index in [2.05, 4.69) is 156 Å². The maximum absolute atomic E-state index is 7.00. The van der Waals surface area contributed by atoms with Crippen molar-refractivity contribution in [3.05, 3.63) is 140 Å². The van der Waals surface area contributed by atoms with Gasteiger partial charge in [0.05, 0.1) is 79.3 Å². The topological polar surface area (TPSA) is 111 Å². The second kappa shape index (κ2) is 47.3. The van der Waals surface area contributed by atoms with Gasteiger partial charge >= 0.3 is 0 Å². The fourth-order valence-electron chi connectivity index (χ4n) is 12.3. The van der Waals surface area contributed by atoms with Crippen LogP contribution in [0, 0.1) is 0 Å². The van der Waals surface area contributed by atoms with Crippen molar-refractivity contribution in [3.63, 3.8) is 0 Å². The molecule has 0 saturated heterocycles. The Morgan fingerprint density at radius 1 is 0.147 bits per heavy atom. The zero-order valence-corrected chi connectivity index (χ0v) is 65.5. The molecule has 16 aliphatic carbocycles. The smallest absolute Gasteiger partial charge is 0.123 e. The van der Waals surface area contributed by atoms with Gasteiger partial charge in [-0.3, -0.25) is 0 Å². The first-order chi connectivity index (χ1) is 50.1. The molecule has 0 aromatic heterocycles. The van der Waals surface area contributed by atoms with Crippen molar-refractivity contribution in [3.8, 4) is 69.0 Å². The zero-order valence-electron chi connectivity index (χ0n) is 65.5. The van der Waals surface area contributed by atoms with Crippen LogP contribution in [0.1, 0.15) is 304 Å². The van der Waals surface area contributed by atoms with E-state index < -0.39 is 0 Å². The Hall–Kier alpha value is -7.08. The molecule has 0 fully saturated rings. The lowest BCUT2D eigenvalue weighted by Gasteiger charge is -2.23. The predicted molar refractivity (Wildman–Crippen MR) is 420 cm³/mol. The monoisotopic (exact) mass is 1400 g/mol. The van der Waals surface area contributed by atoms with Crippen LogP contribution >= 0.6 is 0 Å². The number of hydrogen-bond acceptors (Lipinski definition) is 12. The first kappa shape index (κ1) is 82.2. The van der Waals surface area contributed by atoms with E-state index in [0.29, 0.717) is 118 Å². The van der Waals surface area contributed by atoms with E-state index in [1.165, 1.54) is 0 Å². The Labute approximate surface area is 617 Å². The predicted octanol–water partition coefficient (Wildman–Crippen LogP) is 23.7. The van der Waals surface area contributed by atoms with Crippen molar-refractivity contribution in [2.75, 3.05) is 79.3 Å². The number of hydrogen-bond donors (Lipinski definition) is 0. The second-order valence-corrected chi connectivity index (χ2v) is 27.9. The molecule has 12 nitrogen and oxygen atoms in total. The summed E-state index contributed by atoms with van der Waals surface area (Å²) in [5.41, 5.74) is 12.3. The van der Waals surface area contributed by atoms with Gasteiger partial charge in [-0.1, -0.05) is 160 Å². The Morgan fingerprint density at radius 3 is 0.294 bits per heavy atom. The summed E-state index contributed by atoms with van der Waals surface area (Å²) in [7, 11) is 0. The third-order valence-corrected chi connectivity index (χ3v) is 18.8. The van der Waals surface area contributed by atoms with Crippen molar-refractivity contribution in [1.82, 2.24) is 0 Å². The third-order valence-electron chi connectivity index (χ3n) is 18.8. The molecule has 0 aliphatic heterocycles. The number of benzene rings is 6. The van der Waals surface area contributed by atoms with E-state index >= 15 is 0 Å².